The molecule has 1 aliphatic carbocycles. The van der Waals surface area contributed by atoms with Gasteiger partial charge in [0.15, 0.2) is 6.61 Å². The van der Waals surface area contributed by atoms with Crippen LogP contribution in [0.2, 0.25) is 0 Å². The van der Waals surface area contributed by atoms with Gasteiger partial charge in [-0.15, -0.1) is 0 Å². The number of piperidine rings is 1. The maximum Gasteiger partial charge on any atom is 0.261 e. The first-order valence-electron chi connectivity index (χ1n) is 10.2. The van der Waals surface area contributed by atoms with E-state index in [1.165, 1.54) is 0 Å². The molecule has 1 saturated heterocycles. The van der Waals surface area contributed by atoms with Crippen molar-refractivity contribution < 1.29 is 22.7 Å². The molecule has 0 radical (unpaired) electrons. The van der Waals surface area contributed by atoms with E-state index in [0.29, 0.717) is 36.8 Å². The van der Waals surface area contributed by atoms with Crippen LogP contribution in [0.1, 0.15) is 50.0 Å². The SMILES string of the molecule is CS(=O)(=O)/N=C1\CCCN2C(=O)COc3cnccc3C3CCC(CC3)OCC12. The first-order chi connectivity index (χ1) is 13.9. The number of sulfonamides is 1. The highest BCUT2D eigenvalue weighted by Crippen LogP contribution is 2.38. The van der Waals surface area contributed by atoms with Crippen LogP contribution in [0, 0.1) is 0 Å². The summed E-state index contributed by atoms with van der Waals surface area (Å²) in [5.41, 5.74) is 1.60. The second-order valence-corrected chi connectivity index (χ2v) is 9.68. The zero-order valence-electron chi connectivity index (χ0n) is 16.6. The average Bonchev–Trinajstić information content (AvgIpc) is 2.71. The van der Waals surface area contributed by atoms with Crippen molar-refractivity contribution in [1.82, 2.24) is 9.88 Å². The van der Waals surface area contributed by atoms with Gasteiger partial charge in [-0.05, 0) is 50.5 Å². The molecule has 1 saturated carbocycles. The largest absolute Gasteiger partial charge is 0.482 e. The first-order valence-corrected chi connectivity index (χ1v) is 12.0. The summed E-state index contributed by atoms with van der Waals surface area (Å²) in [6.07, 6.45) is 9.65. The smallest absolute Gasteiger partial charge is 0.261 e. The van der Waals surface area contributed by atoms with Crippen molar-refractivity contribution in [3.63, 3.8) is 0 Å². The van der Waals surface area contributed by atoms with E-state index in [1.807, 2.05) is 6.07 Å². The fourth-order valence-electron chi connectivity index (χ4n) is 4.58. The Hall–Kier alpha value is -2.00. The molecule has 0 N–H and O–H groups in total. The summed E-state index contributed by atoms with van der Waals surface area (Å²) in [6.45, 7) is 0.688. The van der Waals surface area contributed by atoms with E-state index in [2.05, 4.69) is 9.38 Å². The minimum Gasteiger partial charge on any atom is -0.482 e. The molecule has 1 amide bonds. The van der Waals surface area contributed by atoms with E-state index in [9.17, 15) is 13.2 Å². The predicted molar refractivity (Wildman–Crippen MR) is 108 cm³/mol. The zero-order valence-corrected chi connectivity index (χ0v) is 17.4. The molecule has 0 spiro atoms. The summed E-state index contributed by atoms with van der Waals surface area (Å²) in [4.78, 5) is 18.8. The third-order valence-electron chi connectivity index (χ3n) is 5.97. The van der Waals surface area contributed by atoms with Gasteiger partial charge in [-0.25, -0.2) is 8.42 Å². The molecule has 8 nitrogen and oxygen atoms in total. The van der Waals surface area contributed by atoms with E-state index >= 15 is 0 Å². The average molecular weight is 422 g/mol. The number of ether oxygens (including phenoxy) is 2. The predicted octanol–water partition coefficient (Wildman–Crippen LogP) is 1.91. The highest BCUT2D eigenvalue weighted by molar-refractivity contribution is 7.89. The van der Waals surface area contributed by atoms with Gasteiger partial charge in [0, 0.05) is 18.3 Å². The van der Waals surface area contributed by atoms with Gasteiger partial charge in [0.1, 0.15) is 5.75 Å². The number of carbonyl (C=O) groups is 1. The normalized spacial score (nSPS) is 29.8. The molecule has 1 unspecified atom stereocenters. The van der Waals surface area contributed by atoms with Crippen molar-refractivity contribution in [1.29, 1.82) is 0 Å². The summed E-state index contributed by atoms with van der Waals surface area (Å²) in [7, 11) is -3.54. The third-order valence-corrected chi connectivity index (χ3v) is 6.53. The Morgan fingerprint density at radius 2 is 2.03 bits per heavy atom. The van der Waals surface area contributed by atoms with Gasteiger partial charge in [-0.3, -0.25) is 9.78 Å². The van der Waals surface area contributed by atoms with Crippen LogP contribution in [0.4, 0.5) is 0 Å². The highest BCUT2D eigenvalue weighted by atomic mass is 32.2. The van der Waals surface area contributed by atoms with E-state index in [-0.39, 0.29) is 25.2 Å². The van der Waals surface area contributed by atoms with Crippen LogP contribution in [-0.2, 0) is 19.6 Å². The minimum atomic E-state index is -3.54. The fourth-order valence-corrected chi connectivity index (χ4v) is 5.21. The maximum atomic E-state index is 13.0. The second-order valence-electron chi connectivity index (χ2n) is 8.03. The molecule has 158 valence electrons. The van der Waals surface area contributed by atoms with Gasteiger partial charge in [-0.1, -0.05) is 0 Å². The molecule has 0 aromatic carbocycles. The summed E-state index contributed by atoms with van der Waals surface area (Å²) >= 11 is 0. The van der Waals surface area contributed by atoms with E-state index in [4.69, 9.17) is 9.47 Å². The molecular formula is C20H27N3O5S. The fraction of sp³-hybridized carbons (Fsp3) is 0.650. The van der Waals surface area contributed by atoms with Gasteiger partial charge < -0.3 is 14.4 Å². The van der Waals surface area contributed by atoms with Gasteiger partial charge in [0.05, 0.1) is 36.9 Å². The molecule has 4 aliphatic rings. The molecule has 4 heterocycles. The Bertz CT molecular complexity index is 893. The van der Waals surface area contributed by atoms with Crippen molar-refractivity contribution >= 4 is 21.6 Å². The lowest BCUT2D eigenvalue weighted by atomic mass is 9.82. The number of nitrogens with zero attached hydrogens (tertiary/aromatic N) is 3. The summed E-state index contributed by atoms with van der Waals surface area (Å²) in [5, 5.41) is 0. The van der Waals surface area contributed by atoms with Crippen LogP contribution in [-0.4, -0.2) is 68.1 Å². The summed E-state index contributed by atoms with van der Waals surface area (Å²) in [5.74, 6) is 0.831. The standard InChI is InChI=1S/C20H27N3O5S/c1-29(25,26)22-17-3-2-10-23-18(17)12-27-15-6-4-14(5-7-15)16-8-9-21-11-19(16)28-13-20(23)24/h8-9,11,14-15,18H,2-7,10,12-13H2,1H3/b22-17+. The molecule has 29 heavy (non-hydrogen) atoms. The van der Waals surface area contributed by atoms with Crippen molar-refractivity contribution in [3.8, 4) is 5.75 Å². The van der Waals surface area contributed by atoms with E-state index in [0.717, 1.165) is 37.5 Å². The zero-order chi connectivity index (χ0) is 20.4. The number of rotatable bonds is 1. The van der Waals surface area contributed by atoms with Crippen molar-refractivity contribution in [2.75, 3.05) is 26.0 Å². The molecule has 2 bridgehead atoms. The molecule has 1 aromatic heterocycles. The molecule has 1 aromatic rings. The lowest BCUT2D eigenvalue weighted by molar-refractivity contribution is -0.136. The number of hydrogen-bond acceptors (Lipinski definition) is 6. The Morgan fingerprint density at radius 1 is 1.24 bits per heavy atom. The maximum absolute atomic E-state index is 13.0. The number of pyridine rings is 1. The van der Waals surface area contributed by atoms with Crippen LogP contribution in [0.15, 0.2) is 22.9 Å². The second kappa shape index (κ2) is 8.39. The van der Waals surface area contributed by atoms with E-state index < -0.39 is 16.1 Å². The summed E-state index contributed by atoms with van der Waals surface area (Å²) in [6, 6.07) is 1.51. The van der Waals surface area contributed by atoms with Crippen molar-refractivity contribution in [2.45, 2.75) is 56.6 Å². The monoisotopic (exact) mass is 421 g/mol. The Kier molecular flexibility index (Phi) is 5.87. The number of carbonyl (C=O) groups excluding carboxylic acids is 1. The van der Waals surface area contributed by atoms with Gasteiger partial charge in [-0.2, -0.15) is 4.40 Å². The van der Waals surface area contributed by atoms with Crippen molar-refractivity contribution in [3.05, 3.63) is 24.0 Å². The topological polar surface area (TPSA) is 98.2 Å². The molecular weight excluding hydrogens is 394 g/mol. The Labute approximate surface area is 171 Å². The van der Waals surface area contributed by atoms with Gasteiger partial charge >= 0.3 is 0 Å². The highest BCUT2D eigenvalue weighted by Gasteiger charge is 2.35. The molecule has 2 fully saturated rings. The quantitative estimate of drug-likeness (QED) is 0.687. The number of aromatic nitrogens is 1. The van der Waals surface area contributed by atoms with Crippen LogP contribution in [0.3, 0.4) is 0 Å². The van der Waals surface area contributed by atoms with Crippen LogP contribution < -0.4 is 4.74 Å². The molecule has 1 atom stereocenters. The first kappa shape index (κ1) is 20.3. The van der Waals surface area contributed by atoms with E-state index in [1.54, 1.807) is 17.3 Å². The Morgan fingerprint density at radius 3 is 2.79 bits per heavy atom. The third kappa shape index (κ3) is 4.78. The van der Waals surface area contributed by atoms with Gasteiger partial charge in [0.25, 0.3) is 5.91 Å². The number of amides is 1. The molecule has 5 rings (SSSR count). The van der Waals surface area contributed by atoms with Crippen LogP contribution in [0.25, 0.3) is 0 Å². The van der Waals surface area contributed by atoms with Crippen LogP contribution >= 0.6 is 0 Å². The number of hydrogen-bond donors (Lipinski definition) is 0. The lowest BCUT2D eigenvalue weighted by Crippen LogP contribution is -2.53. The van der Waals surface area contributed by atoms with Crippen molar-refractivity contribution in [2.24, 2.45) is 4.40 Å². The molecule has 9 heteroatoms. The summed E-state index contributed by atoms with van der Waals surface area (Å²) < 4.78 is 39.6. The lowest BCUT2D eigenvalue weighted by Gasteiger charge is -2.37. The number of fused-ring (bicyclic) bond motifs is 5. The molecule has 3 aliphatic heterocycles. The van der Waals surface area contributed by atoms with Crippen LogP contribution in [0.5, 0.6) is 5.75 Å². The van der Waals surface area contributed by atoms with Gasteiger partial charge in [0.2, 0.25) is 10.0 Å². The Balaban J connectivity index is 1.65. The minimum absolute atomic E-state index is 0.108.